The summed E-state index contributed by atoms with van der Waals surface area (Å²) < 4.78 is 1.19. The number of benzene rings is 2. The molecule has 2 heterocycles. The third-order valence-electron chi connectivity index (χ3n) is 5.56. The standard InChI is InChI=1S/C24H24Cl2N4O3.ClH/c1-3-13-29(19-10-8-18(26)9-11-19)24-27-21-12-14-28(15-20(21)23(32)30(24)33-2)22(31)16-4-6-17(25)7-5-16;/h4-11H,3,12-15H2,1-2H3;1H. The highest BCUT2D eigenvalue weighted by Gasteiger charge is 2.29. The summed E-state index contributed by atoms with van der Waals surface area (Å²) in [7, 11) is 1.43. The molecule has 0 unspecified atom stereocenters. The van der Waals surface area contributed by atoms with Crippen LogP contribution in [0.1, 0.15) is 35.0 Å². The highest BCUT2D eigenvalue weighted by atomic mass is 35.5. The van der Waals surface area contributed by atoms with Crippen LogP contribution in [-0.4, -0.2) is 40.7 Å². The number of hydrogen-bond donors (Lipinski definition) is 0. The number of hydrogen-bond acceptors (Lipinski definition) is 5. The minimum absolute atomic E-state index is 0. The average molecular weight is 524 g/mol. The number of rotatable bonds is 6. The van der Waals surface area contributed by atoms with E-state index in [-0.39, 0.29) is 30.4 Å². The van der Waals surface area contributed by atoms with Crippen molar-refractivity contribution in [3.63, 3.8) is 0 Å². The lowest BCUT2D eigenvalue weighted by Crippen LogP contribution is -2.43. The van der Waals surface area contributed by atoms with Crippen molar-refractivity contribution in [2.75, 3.05) is 25.1 Å². The van der Waals surface area contributed by atoms with E-state index in [0.717, 1.165) is 12.1 Å². The van der Waals surface area contributed by atoms with Crippen molar-refractivity contribution in [1.82, 2.24) is 14.6 Å². The molecular formula is C24H25Cl3N4O3. The predicted molar refractivity (Wildman–Crippen MR) is 137 cm³/mol. The molecule has 0 atom stereocenters. The van der Waals surface area contributed by atoms with E-state index in [2.05, 4.69) is 6.92 Å². The number of fused-ring (bicyclic) bond motifs is 1. The minimum atomic E-state index is -0.318. The normalized spacial score (nSPS) is 12.5. The molecule has 0 saturated carbocycles. The van der Waals surface area contributed by atoms with Gasteiger partial charge in [0.05, 0.1) is 17.8 Å². The van der Waals surface area contributed by atoms with Gasteiger partial charge in [0, 0.05) is 40.8 Å². The predicted octanol–water partition coefficient (Wildman–Crippen LogP) is 4.78. The quantitative estimate of drug-likeness (QED) is 0.465. The monoisotopic (exact) mass is 522 g/mol. The molecule has 7 nitrogen and oxygen atoms in total. The Hall–Kier alpha value is -2.74. The molecule has 3 aromatic rings. The first-order chi connectivity index (χ1) is 15.9. The van der Waals surface area contributed by atoms with Crippen LogP contribution in [0.2, 0.25) is 10.0 Å². The summed E-state index contributed by atoms with van der Waals surface area (Å²) in [6.07, 6.45) is 1.31. The number of carbonyl (C=O) groups excluding carboxylic acids is 1. The summed E-state index contributed by atoms with van der Waals surface area (Å²) in [5.41, 5.74) is 2.20. The van der Waals surface area contributed by atoms with Gasteiger partial charge in [0.15, 0.2) is 0 Å². The average Bonchev–Trinajstić information content (AvgIpc) is 2.83. The smallest absolute Gasteiger partial charge is 0.293 e. The summed E-state index contributed by atoms with van der Waals surface area (Å²) in [6.45, 7) is 3.32. The number of halogens is 3. The number of carbonyl (C=O) groups is 1. The minimum Gasteiger partial charge on any atom is -0.411 e. The fourth-order valence-electron chi connectivity index (χ4n) is 3.92. The summed E-state index contributed by atoms with van der Waals surface area (Å²) in [5.74, 6) is 0.251. The van der Waals surface area contributed by atoms with Gasteiger partial charge in [-0.2, -0.15) is 0 Å². The Kier molecular flexibility index (Phi) is 8.47. The van der Waals surface area contributed by atoms with E-state index in [4.69, 9.17) is 33.0 Å². The highest BCUT2D eigenvalue weighted by Crippen LogP contribution is 2.27. The van der Waals surface area contributed by atoms with Crippen LogP contribution < -0.4 is 15.3 Å². The van der Waals surface area contributed by atoms with Crippen LogP contribution in [0.5, 0.6) is 0 Å². The summed E-state index contributed by atoms with van der Waals surface area (Å²) in [6, 6.07) is 14.1. The number of nitrogens with zero attached hydrogens (tertiary/aromatic N) is 4. The van der Waals surface area contributed by atoms with Gasteiger partial charge in [0.25, 0.3) is 11.5 Å². The second-order valence-corrected chi connectivity index (χ2v) is 8.60. The first-order valence-corrected chi connectivity index (χ1v) is 11.5. The molecule has 0 spiro atoms. The summed E-state index contributed by atoms with van der Waals surface area (Å²) in [4.78, 5) is 40.2. The van der Waals surface area contributed by atoms with Gasteiger partial charge in [0.2, 0.25) is 5.95 Å². The third-order valence-corrected chi connectivity index (χ3v) is 6.07. The van der Waals surface area contributed by atoms with E-state index in [1.165, 1.54) is 11.8 Å². The number of anilines is 2. The molecular weight excluding hydrogens is 499 g/mol. The third kappa shape index (κ3) is 5.17. The molecule has 2 aromatic carbocycles. The van der Waals surface area contributed by atoms with Crippen LogP contribution in [0.3, 0.4) is 0 Å². The molecule has 0 bridgehead atoms. The van der Waals surface area contributed by atoms with Crippen LogP contribution in [0.4, 0.5) is 11.6 Å². The van der Waals surface area contributed by atoms with Gasteiger partial charge in [-0.3, -0.25) is 9.59 Å². The van der Waals surface area contributed by atoms with E-state index in [1.54, 1.807) is 41.3 Å². The maximum atomic E-state index is 13.4. The van der Waals surface area contributed by atoms with Crippen LogP contribution in [0.25, 0.3) is 0 Å². The highest BCUT2D eigenvalue weighted by molar-refractivity contribution is 6.31. The Labute approximate surface area is 214 Å². The van der Waals surface area contributed by atoms with Crippen molar-refractivity contribution in [2.45, 2.75) is 26.3 Å². The van der Waals surface area contributed by atoms with Gasteiger partial charge in [-0.1, -0.05) is 30.1 Å². The molecule has 1 aliphatic heterocycles. The molecule has 4 rings (SSSR count). The lowest BCUT2D eigenvalue weighted by atomic mass is 10.1. The lowest BCUT2D eigenvalue weighted by Gasteiger charge is -2.31. The zero-order chi connectivity index (χ0) is 23.5. The van der Waals surface area contributed by atoms with Crippen molar-refractivity contribution in [3.05, 3.63) is 85.8 Å². The van der Waals surface area contributed by atoms with Gasteiger partial charge < -0.3 is 14.6 Å². The fraction of sp³-hybridized carbons (Fsp3) is 0.292. The molecule has 0 saturated heterocycles. The zero-order valence-electron chi connectivity index (χ0n) is 18.8. The molecule has 34 heavy (non-hydrogen) atoms. The van der Waals surface area contributed by atoms with Crippen LogP contribution >= 0.6 is 35.6 Å². The first-order valence-electron chi connectivity index (χ1n) is 10.7. The van der Waals surface area contributed by atoms with Crippen molar-refractivity contribution >= 4 is 53.2 Å². The van der Waals surface area contributed by atoms with Crippen molar-refractivity contribution in [3.8, 4) is 0 Å². The lowest BCUT2D eigenvalue weighted by molar-refractivity contribution is 0.0728. The molecule has 0 radical (unpaired) electrons. The van der Waals surface area contributed by atoms with E-state index in [1.807, 2.05) is 17.0 Å². The molecule has 0 aliphatic carbocycles. The second-order valence-electron chi connectivity index (χ2n) is 7.73. The van der Waals surface area contributed by atoms with Crippen LogP contribution in [-0.2, 0) is 13.0 Å². The molecule has 0 N–H and O–H groups in total. The molecule has 1 amide bonds. The first kappa shape index (κ1) is 25.9. The Morgan fingerprint density at radius 1 is 1.09 bits per heavy atom. The Bertz CT molecular complexity index is 1210. The number of aromatic nitrogens is 2. The fourth-order valence-corrected chi connectivity index (χ4v) is 4.17. The van der Waals surface area contributed by atoms with Crippen molar-refractivity contribution in [1.29, 1.82) is 0 Å². The Morgan fingerprint density at radius 3 is 2.29 bits per heavy atom. The van der Waals surface area contributed by atoms with Gasteiger partial charge in [-0.05, 0) is 55.0 Å². The van der Waals surface area contributed by atoms with Crippen LogP contribution in [0, 0.1) is 0 Å². The maximum Gasteiger partial charge on any atom is 0.293 e. The largest absolute Gasteiger partial charge is 0.411 e. The van der Waals surface area contributed by atoms with Gasteiger partial charge >= 0.3 is 0 Å². The van der Waals surface area contributed by atoms with E-state index >= 15 is 0 Å². The molecule has 180 valence electrons. The van der Waals surface area contributed by atoms with E-state index in [0.29, 0.717) is 52.3 Å². The maximum absolute atomic E-state index is 13.4. The van der Waals surface area contributed by atoms with Gasteiger partial charge in [-0.25, -0.2) is 4.98 Å². The molecule has 1 aromatic heterocycles. The Morgan fingerprint density at radius 2 is 1.71 bits per heavy atom. The van der Waals surface area contributed by atoms with E-state index in [9.17, 15) is 9.59 Å². The van der Waals surface area contributed by atoms with Gasteiger partial charge in [-0.15, -0.1) is 17.1 Å². The summed E-state index contributed by atoms with van der Waals surface area (Å²) >= 11 is 12.0. The molecule has 0 fully saturated rings. The van der Waals surface area contributed by atoms with Gasteiger partial charge in [0.1, 0.15) is 7.11 Å². The Balaban J connectivity index is 0.00000324. The topological polar surface area (TPSA) is 67.7 Å². The molecule has 10 heteroatoms. The SMILES string of the molecule is CCCN(c1ccc(Cl)cc1)c1nc2c(c(=O)n1OC)CN(C(=O)c1ccc(Cl)cc1)CC2.Cl. The summed E-state index contributed by atoms with van der Waals surface area (Å²) in [5, 5.41) is 1.19. The number of amides is 1. The molecule has 1 aliphatic rings. The zero-order valence-corrected chi connectivity index (χ0v) is 21.2. The van der Waals surface area contributed by atoms with Crippen molar-refractivity contribution < 1.29 is 9.63 Å². The van der Waals surface area contributed by atoms with Crippen LogP contribution in [0.15, 0.2) is 53.3 Å². The van der Waals surface area contributed by atoms with E-state index < -0.39 is 0 Å². The van der Waals surface area contributed by atoms with Crippen molar-refractivity contribution in [2.24, 2.45) is 0 Å². The second kappa shape index (κ2) is 11.1.